The van der Waals surface area contributed by atoms with E-state index < -0.39 is 0 Å². The van der Waals surface area contributed by atoms with E-state index in [2.05, 4.69) is 45.6 Å². The number of hydrogen-bond acceptors (Lipinski definition) is 3. The number of pyridine rings is 1. The summed E-state index contributed by atoms with van der Waals surface area (Å²) in [5.74, 6) is 1.37. The highest BCUT2D eigenvalue weighted by Gasteiger charge is 2.19. The highest BCUT2D eigenvalue weighted by molar-refractivity contribution is 5.85. The molecule has 21 heavy (non-hydrogen) atoms. The number of hydrogen-bond donors (Lipinski definition) is 1. The van der Waals surface area contributed by atoms with Gasteiger partial charge in [0.1, 0.15) is 0 Å². The predicted molar refractivity (Wildman–Crippen MR) is 91.9 cm³/mol. The van der Waals surface area contributed by atoms with Gasteiger partial charge in [0, 0.05) is 30.8 Å². The first kappa shape index (κ1) is 17.5. The Morgan fingerprint density at radius 3 is 2.38 bits per heavy atom. The summed E-state index contributed by atoms with van der Waals surface area (Å²) in [6.45, 7) is 1.85. The first-order valence-electron chi connectivity index (χ1n) is 6.66. The van der Waals surface area contributed by atoms with Crippen molar-refractivity contribution in [2.45, 2.75) is 12.3 Å². The normalized spacial score (nSPS) is 14.2. The number of aliphatic imine (C=N–C) groups is 1. The van der Waals surface area contributed by atoms with E-state index in [4.69, 9.17) is 0 Å². The molecule has 1 aliphatic heterocycles. The van der Waals surface area contributed by atoms with Crippen LogP contribution in [0.5, 0.6) is 0 Å². The summed E-state index contributed by atoms with van der Waals surface area (Å²) in [4.78, 5) is 9.02. The van der Waals surface area contributed by atoms with E-state index in [9.17, 15) is 0 Å². The van der Waals surface area contributed by atoms with Gasteiger partial charge in [0.25, 0.3) is 0 Å². The second-order valence-electron chi connectivity index (χ2n) is 4.68. The third-order valence-electron chi connectivity index (χ3n) is 3.39. The zero-order valence-electron chi connectivity index (χ0n) is 11.6. The molecule has 5 heteroatoms. The molecule has 1 N–H and O–H groups in total. The number of nitrogens with one attached hydrogen (secondary N) is 1. The topological polar surface area (TPSA) is 37.3 Å². The Balaban J connectivity index is 0.00000110. The van der Waals surface area contributed by atoms with Gasteiger partial charge in [0.15, 0.2) is 0 Å². The molecule has 0 radical (unpaired) electrons. The molecule has 0 fully saturated rings. The highest BCUT2D eigenvalue weighted by atomic mass is 35.5. The Morgan fingerprint density at radius 1 is 1.00 bits per heavy atom. The molecule has 1 aromatic heterocycles. The third-order valence-corrected chi connectivity index (χ3v) is 3.39. The number of nitrogens with zero attached hydrogens (tertiary/aromatic N) is 2. The maximum absolute atomic E-state index is 4.51. The second kappa shape index (κ2) is 8.65. The summed E-state index contributed by atoms with van der Waals surface area (Å²) >= 11 is 0. The summed E-state index contributed by atoms with van der Waals surface area (Å²) in [6.07, 6.45) is 2.75. The van der Waals surface area contributed by atoms with Crippen LogP contribution in [0, 0.1) is 0 Å². The van der Waals surface area contributed by atoms with Crippen molar-refractivity contribution < 1.29 is 0 Å². The van der Waals surface area contributed by atoms with Gasteiger partial charge in [0.2, 0.25) is 0 Å². The van der Waals surface area contributed by atoms with Crippen LogP contribution in [0.25, 0.3) is 0 Å². The average Bonchev–Trinajstić information content (AvgIpc) is 3.00. The van der Waals surface area contributed by atoms with E-state index in [1.165, 1.54) is 5.56 Å². The Labute approximate surface area is 137 Å². The van der Waals surface area contributed by atoms with Crippen LogP contribution in [0.2, 0.25) is 0 Å². The predicted octanol–water partition coefficient (Wildman–Crippen LogP) is 3.45. The first-order chi connectivity index (χ1) is 9.43. The van der Waals surface area contributed by atoms with Gasteiger partial charge < -0.3 is 5.32 Å². The fourth-order valence-corrected chi connectivity index (χ4v) is 2.44. The van der Waals surface area contributed by atoms with E-state index in [1.807, 2.05) is 24.4 Å². The van der Waals surface area contributed by atoms with Crippen LogP contribution in [0.1, 0.15) is 23.6 Å². The van der Waals surface area contributed by atoms with Crippen molar-refractivity contribution in [2.75, 3.05) is 13.1 Å². The number of amidine groups is 1. The van der Waals surface area contributed by atoms with Crippen LogP contribution in [-0.4, -0.2) is 23.9 Å². The Hall–Kier alpha value is -1.58. The molecule has 0 amide bonds. The Kier molecular flexibility index (Phi) is 7.20. The number of rotatable bonds is 4. The SMILES string of the molecule is Cl.Cl.c1ccc([C@@H](CC2=NCCN2)c2ccccn2)cc1. The van der Waals surface area contributed by atoms with Crippen molar-refractivity contribution in [2.24, 2.45) is 4.99 Å². The van der Waals surface area contributed by atoms with Gasteiger partial charge in [-0.2, -0.15) is 0 Å². The molecule has 1 aromatic carbocycles. The third kappa shape index (κ3) is 4.45. The van der Waals surface area contributed by atoms with Crippen LogP contribution in [0.15, 0.2) is 59.7 Å². The molecule has 1 atom stereocenters. The molecule has 112 valence electrons. The molecular formula is C16H19Cl2N3. The molecular weight excluding hydrogens is 305 g/mol. The molecule has 0 spiro atoms. The summed E-state index contributed by atoms with van der Waals surface area (Å²) in [5.41, 5.74) is 2.39. The molecule has 0 unspecified atom stereocenters. The zero-order valence-corrected chi connectivity index (χ0v) is 13.2. The maximum Gasteiger partial charge on any atom is 0.0974 e. The van der Waals surface area contributed by atoms with Gasteiger partial charge in [-0.15, -0.1) is 24.8 Å². The summed E-state index contributed by atoms with van der Waals surface area (Å²) in [7, 11) is 0. The Morgan fingerprint density at radius 2 is 1.76 bits per heavy atom. The fraction of sp³-hybridized carbons (Fsp3) is 0.250. The molecule has 0 saturated heterocycles. The van der Waals surface area contributed by atoms with Gasteiger partial charge in [-0.05, 0) is 17.7 Å². The molecule has 1 aliphatic rings. The highest BCUT2D eigenvalue weighted by Crippen LogP contribution is 2.26. The maximum atomic E-state index is 4.51. The summed E-state index contributed by atoms with van der Waals surface area (Å²) < 4.78 is 0. The van der Waals surface area contributed by atoms with Gasteiger partial charge in [-0.3, -0.25) is 9.98 Å². The lowest BCUT2D eigenvalue weighted by Crippen LogP contribution is -2.21. The standard InChI is InChI=1S/C16H17N3.2ClH/c1-2-6-13(7-3-1)14(12-16-18-10-11-19-16)15-8-4-5-9-17-15;;/h1-9,14H,10-12H2,(H,18,19);2*1H/t14-;;/m1../s1. The van der Waals surface area contributed by atoms with Gasteiger partial charge >= 0.3 is 0 Å². The van der Waals surface area contributed by atoms with Crippen LogP contribution >= 0.6 is 24.8 Å². The number of aromatic nitrogens is 1. The van der Waals surface area contributed by atoms with Crippen molar-refractivity contribution >= 4 is 30.6 Å². The van der Waals surface area contributed by atoms with Gasteiger partial charge in [-0.1, -0.05) is 36.4 Å². The van der Waals surface area contributed by atoms with Crippen LogP contribution < -0.4 is 5.32 Å². The van der Waals surface area contributed by atoms with E-state index in [-0.39, 0.29) is 30.7 Å². The minimum Gasteiger partial charge on any atom is -0.372 e. The van der Waals surface area contributed by atoms with Crippen LogP contribution in [0.4, 0.5) is 0 Å². The largest absolute Gasteiger partial charge is 0.372 e. The quantitative estimate of drug-likeness (QED) is 0.935. The molecule has 2 heterocycles. The minimum absolute atomic E-state index is 0. The van der Waals surface area contributed by atoms with Crippen molar-refractivity contribution in [3.8, 4) is 0 Å². The van der Waals surface area contributed by atoms with Gasteiger partial charge in [-0.25, -0.2) is 0 Å². The number of benzene rings is 1. The molecule has 0 saturated carbocycles. The monoisotopic (exact) mass is 323 g/mol. The van der Waals surface area contributed by atoms with Crippen LogP contribution in [0.3, 0.4) is 0 Å². The van der Waals surface area contributed by atoms with Crippen molar-refractivity contribution in [3.63, 3.8) is 0 Å². The fourth-order valence-electron chi connectivity index (χ4n) is 2.44. The molecule has 3 rings (SSSR count). The molecule has 0 aliphatic carbocycles. The van der Waals surface area contributed by atoms with Crippen molar-refractivity contribution in [3.05, 3.63) is 66.0 Å². The van der Waals surface area contributed by atoms with Crippen LogP contribution in [-0.2, 0) is 0 Å². The Bertz CT molecular complexity index is 519. The zero-order chi connectivity index (χ0) is 12.9. The van der Waals surface area contributed by atoms with Crippen molar-refractivity contribution in [1.82, 2.24) is 10.3 Å². The molecule has 2 aromatic rings. The van der Waals surface area contributed by atoms with Crippen molar-refractivity contribution in [1.29, 1.82) is 0 Å². The first-order valence-corrected chi connectivity index (χ1v) is 6.66. The summed E-state index contributed by atoms with van der Waals surface area (Å²) in [6, 6.07) is 16.6. The molecule has 0 bridgehead atoms. The van der Waals surface area contributed by atoms with E-state index in [1.54, 1.807) is 0 Å². The van der Waals surface area contributed by atoms with E-state index in [0.717, 1.165) is 31.0 Å². The lowest BCUT2D eigenvalue weighted by Gasteiger charge is -2.17. The van der Waals surface area contributed by atoms with E-state index >= 15 is 0 Å². The van der Waals surface area contributed by atoms with E-state index in [0.29, 0.717) is 0 Å². The van der Waals surface area contributed by atoms with Gasteiger partial charge in [0.05, 0.1) is 12.4 Å². The molecule has 3 nitrogen and oxygen atoms in total. The number of halogens is 2. The average molecular weight is 324 g/mol. The lowest BCUT2D eigenvalue weighted by atomic mass is 9.91. The second-order valence-corrected chi connectivity index (χ2v) is 4.68. The minimum atomic E-state index is 0. The lowest BCUT2D eigenvalue weighted by molar-refractivity contribution is 0.801. The summed E-state index contributed by atoms with van der Waals surface area (Å²) in [5, 5.41) is 3.35. The smallest absolute Gasteiger partial charge is 0.0974 e.